The van der Waals surface area contributed by atoms with E-state index in [9.17, 15) is 9.90 Å². The molecule has 2 aliphatic rings. The van der Waals surface area contributed by atoms with E-state index >= 15 is 0 Å². The minimum Gasteiger partial charge on any atom is -0.504 e. The van der Waals surface area contributed by atoms with Gasteiger partial charge in [0.05, 0.1) is 7.11 Å². The Morgan fingerprint density at radius 3 is 2.68 bits per heavy atom. The second kappa shape index (κ2) is 6.28. The summed E-state index contributed by atoms with van der Waals surface area (Å²) in [7, 11) is 1.52. The molecule has 1 saturated heterocycles. The number of benzene rings is 2. The molecule has 25 heavy (non-hydrogen) atoms. The van der Waals surface area contributed by atoms with Gasteiger partial charge in [-0.1, -0.05) is 12.1 Å². The van der Waals surface area contributed by atoms with E-state index in [0.717, 1.165) is 41.0 Å². The van der Waals surface area contributed by atoms with Gasteiger partial charge in [-0.05, 0) is 54.3 Å². The van der Waals surface area contributed by atoms with Gasteiger partial charge in [0.2, 0.25) is 0 Å². The zero-order valence-corrected chi connectivity index (χ0v) is 14.3. The SMILES string of the molecule is COc1cc(C=C2Cc3ccc(N4CCCC4)cc3C2=O)ccc1O. The predicted molar refractivity (Wildman–Crippen MR) is 98.6 cm³/mol. The fourth-order valence-corrected chi connectivity index (χ4v) is 3.66. The van der Waals surface area contributed by atoms with Gasteiger partial charge in [0.25, 0.3) is 0 Å². The molecule has 1 aliphatic carbocycles. The van der Waals surface area contributed by atoms with E-state index in [1.807, 2.05) is 12.1 Å². The first kappa shape index (κ1) is 15.8. The maximum absolute atomic E-state index is 12.8. The number of hydrogen-bond donors (Lipinski definition) is 1. The maximum Gasteiger partial charge on any atom is 0.189 e. The molecule has 0 unspecified atom stereocenters. The van der Waals surface area contributed by atoms with Crippen LogP contribution in [-0.2, 0) is 6.42 Å². The van der Waals surface area contributed by atoms with Crippen molar-refractivity contribution < 1.29 is 14.6 Å². The van der Waals surface area contributed by atoms with Gasteiger partial charge >= 0.3 is 0 Å². The number of carbonyl (C=O) groups excluding carboxylic acids is 1. The van der Waals surface area contributed by atoms with Crippen molar-refractivity contribution in [1.82, 2.24) is 0 Å². The Balaban J connectivity index is 1.63. The maximum atomic E-state index is 12.8. The van der Waals surface area contributed by atoms with Gasteiger partial charge in [0, 0.05) is 36.3 Å². The van der Waals surface area contributed by atoms with Crippen LogP contribution in [-0.4, -0.2) is 31.1 Å². The molecule has 1 aliphatic heterocycles. The lowest BCUT2D eigenvalue weighted by molar-refractivity contribution is 0.104. The lowest BCUT2D eigenvalue weighted by atomic mass is 10.1. The van der Waals surface area contributed by atoms with Crippen molar-refractivity contribution in [3.8, 4) is 11.5 Å². The van der Waals surface area contributed by atoms with Crippen molar-refractivity contribution >= 4 is 17.5 Å². The summed E-state index contributed by atoms with van der Waals surface area (Å²) >= 11 is 0. The molecule has 1 fully saturated rings. The number of rotatable bonds is 3. The van der Waals surface area contributed by atoms with Crippen LogP contribution in [0.3, 0.4) is 0 Å². The van der Waals surface area contributed by atoms with Crippen molar-refractivity contribution in [1.29, 1.82) is 0 Å². The van der Waals surface area contributed by atoms with Gasteiger partial charge in [-0.3, -0.25) is 4.79 Å². The highest BCUT2D eigenvalue weighted by atomic mass is 16.5. The Labute approximate surface area is 147 Å². The largest absolute Gasteiger partial charge is 0.504 e. The summed E-state index contributed by atoms with van der Waals surface area (Å²) in [5.74, 6) is 0.609. The van der Waals surface area contributed by atoms with Crippen molar-refractivity contribution in [3.63, 3.8) is 0 Å². The number of hydrogen-bond acceptors (Lipinski definition) is 4. The molecule has 0 atom stereocenters. The second-order valence-corrected chi connectivity index (χ2v) is 6.64. The number of carbonyl (C=O) groups is 1. The molecule has 4 rings (SSSR count). The van der Waals surface area contributed by atoms with Crippen LogP contribution in [0.15, 0.2) is 42.0 Å². The Morgan fingerprint density at radius 1 is 1.12 bits per heavy atom. The highest BCUT2D eigenvalue weighted by molar-refractivity contribution is 6.16. The summed E-state index contributed by atoms with van der Waals surface area (Å²) in [6, 6.07) is 11.4. The highest BCUT2D eigenvalue weighted by Crippen LogP contribution is 2.33. The molecule has 0 aromatic heterocycles. The molecule has 4 heteroatoms. The van der Waals surface area contributed by atoms with Gasteiger partial charge in [0.15, 0.2) is 17.3 Å². The van der Waals surface area contributed by atoms with E-state index in [0.29, 0.717) is 12.2 Å². The molecule has 4 nitrogen and oxygen atoms in total. The molecule has 1 N–H and O–H groups in total. The summed E-state index contributed by atoms with van der Waals surface area (Å²) < 4.78 is 5.14. The second-order valence-electron chi connectivity index (χ2n) is 6.64. The topological polar surface area (TPSA) is 49.8 Å². The number of aromatic hydroxyl groups is 1. The third-order valence-corrected chi connectivity index (χ3v) is 5.03. The van der Waals surface area contributed by atoms with Gasteiger partial charge in [-0.15, -0.1) is 0 Å². The van der Waals surface area contributed by atoms with Gasteiger partial charge in [-0.2, -0.15) is 0 Å². The monoisotopic (exact) mass is 335 g/mol. The van der Waals surface area contributed by atoms with Crippen LogP contribution in [0.2, 0.25) is 0 Å². The number of ether oxygens (including phenoxy) is 1. The van der Waals surface area contributed by atoms with Crippen LogP contribution < -0.4 is 9.64 Å². The van der Waals surface area contributed by atoms with Crippen molar-refractivity contribution in [3.05, 3.63) is 58.7 Å². The predicted octanol–water partition coefficient (Wildman–Crippen LogP) is 3.82. The first-order valence-corrected chi connectivity index (χ1v) is 8.66. The molecular formula is C21H21NO3. The lowest BCUT2D eigenvalue weighted by Gasteiger charge is -2.18. The van der Waals surface area contributed by atoms with E-state index < -0.39 is 0 Å². The van der Waals surface area contributed by atoms with Crippen LogP contribution in [0, 0.1) is 0 Å². The number of anilines is 1. The molecule has 0 saturated carbocycles. The molecule has 1 heterocycles. The Kier molecular flexibility index (Phi) is 3.96. The molecule has 0 bridgehead atoms. The minimum atomic E-state index is 0.0981. The van der Waals surface area contributed by atoms with Gasteiger partial charge in [-0.25, -0.2) is 0 Å². The molecule has 0 spiro atoms. The number of allylic oxidation sites excluding steroid dienone is 1. The molecule has 2 aromatic rings. The van der Waals surface area contributed by atoms with Crippen LogP contribution in [0.5, 0.6) is 11.5 Å². The van der Waals surface area contributed by atoms with E-state index in [4.69, 9.17) is 4.74 Å². The van der Waals surface area contributed by atoms with Gasteiger partial charge < -0.3 is 14.7 Å². The van der Waals surface area contributed by atoms with E-state index in [1.54, 1.807) is 18.2 Å². The zero-order chi connectivity index (χ0) is 17.4. The fourth-order valence-electron chi connectivity index (χ4n) is 3.66. The van der Waals surface area contributed by atoms with Crippen molar-refractivity contribution in [2.45, 2.75) is 19.3 Å². The fraction of sp³-hybridized carbons (Fsp3) is 0.286. The first-order chi connectivity index (χ1) is 12.2. The molecule has 0 radical (unpaired) electrons. The van der Waals surface area contributed by atoms with Crippen LogP contribution in [0.1, 0.15) is 34.3 Å². The number of nitrogens with zero attached hydrogens (tertiary/aromatic N) is 1. The summed E-state index contributed by atoms with van der Waals surface area (Å²) in [5.41, 5.74) is 4.69. The number of methoxy groups -OCH3 is 1. The number of ketones is 1. The van der Waals surface area contributed by atoms with E-state index in [1.165, 1.54) is 20.0 Å². The summed E-state index contributed by atoms with van der Waals surface area (Å²) in [5, 5.41) is 9.71. The van der Waals surface area contributed by atoms with Crippen molar-refractivity contribution in [2.75, 3.05) is 25.1 Å². The van der Waals surface area contributed by atoms with Crippen LogP contribution in [0.4, 0.5) is 5.69 Å². The lowest BCUT2D eigenvalue weighted by Crippen LogP contribution is -2.17. The van der Waals surface area contributed by atoms with Crippen LogP contribution in [0.25, 0.3) is 6.08 Å². The Morgan fingerprint density at radius 2 is 1.92 bits per heavy atom. The number of phenols is 1. The molecule has 0 amide bonds. The summed E-state index contributed by atoms with van der Waals surface area (Å²) in [4.78, 5) is 15.2. The van der Waals surface area contributed by atoms with Crippen LogP contribution >= 0.6 is 0 Å². The molecule has 2 aromatic carbocycles. The Hall–Kier alpha value is -2.75. The standard InChI is InChI=1S/C21H21NO3/c1-25-20-11-14(4-7-19(20)23)10-16-12-15-5-6-17(13-18(15)21(16)24)22-8-2-3-9-22/h4-7,10-11,13,23H,2-3,8-9,12H2,1H3. The van der Waals surface area contributed by atoms with E-state index in [2.05, 4.69) is 17.0 Å². The number of phenolic OH excluding ortho intramolecular Hbond substituents is 1. The van der Waals surface area contributed by atoms with Crippen molar-refractivity contribution in [2.24, 2.45) is 0 Å². The average molecular weight is 335 g/mol. The third-order valence-electron chi connectivity index (χ3n) is 5.03. The first-order valence-electron chi connectivity index (χ1n) is 8.66. The average Bonchev–Trinajstić information content (AvgIpc) is 3.26. The Bertz CT molecular complexity index is 863. The quantitative estimate of drug-likeness (QED) is 0.866. The summed E-state index contributed by atoms with van der Waals surface area (Å²) in [6.07, 6.45) is 4.98. The summed E-state index contributed by atoms with van der Waals surface area (Å²) in [6.45, 7) is 2.14. The smallest absolute Gasteiger partial charge is 0.189 e. The minimum absolute atomic E-state index is 0.0981. The number of Topliss-reactive ketones (excluding diaryl/α,β-unsaturated/α-hetero) is 1. The molecule has 128 valence electrons. The number of fused-ring (bicyclic) bond motifs is 1. The van der Waals surface area contributed by atoms with E-state index in [-0.39, 0.29) is 11.5 Å². The third kappa shape index (κ3) is 2.88. The van der Waals surface area contributed by atoms with Gasteiger partial charge in [0.1, 0.15) is 0 Å². The highest BCUT2D eigenvalue weighted by Gasteiger charge is 2.26. The molecular weight excluding hydrogens is 314 g/mol. The zero-order valence-electron chi connectivity index (χ0n) is 14.3. The normalized spacial score (nSPS) is 18.0.